The number of benzene rings is 9. The molecule has 0 aliphatic heterocycles. The zero-order valence-corrected chi connectivity index (χ0v) is 31.9. The molecule has 15 aromatic rings. The maximum Gasteiger partial charge on any atom is 0.237 e. The molecule has 0 spiro atoms. The summed E-state index contributed by atoms with van der Waals surface area (Å²) in [7, 11) is 0. The van der Waals surface area contributed by atoms with Crippen molar-refractivity contribution < 1.29 is 4.42 Å². The van der Waals surface area contributed by atoms with Crippen LogP contribution in [0.3, 0.4) is 0 Å². The van der Waals surface area contributed by atoms with E-state index in [1.807, 2.05) is 12.1 Å². The topological polar surface area (TPSA) is 53.2 Å². The number of para-hydroxylation sites is 4. The van der Waals surface area contributed by atoms with Crippen LogP contribution in [0.2, 0.25) is 0 Å². The minimum absolute atomic E-state index is 0.593. The molecular weight excluding hydrogens is 735 g/mol. The van der Waals surface area contributed by atoms with Gasteiger partial charge in [-0.25, -0.2) is 4.98 Å². The lowest BCUT2D eigenvalue weighted by atomic mass is 10.00. The second-order valence-electron chi connectivity index (χ2n) is 16.1. The molecule has 0 aliphatic carbocycles. The second kappa shape index (κ2) is 10.8. The Morgan fingerprint density at radius 1 is 0.367 bits per heavy atom. The van der Waals surface area contributed by atoms with Crippen LogP contribution >= 0.6 is 0 Å². The summed E-state index contributed by atoms with van der Waals surface area (Å²) in [4.78, 5) is 11.1. The van der Waals surface area contributed by atoms with Gasteiger partial charge >= 0.3 is 0 Å². The Hall–Kier alpha value is -8.22. The lowest BCUT2D eigenvalue weighted by Gasteiger charge is -2.12. The Labute approximate surface area is 339 Å². The Bertz CT molecular complexity index is 4370. The standard InChI is InChI=1S/C54H29N5O/c1-3-15-32-30(13-1)26-28-43-46(32)35-18-6-11-23-42(35)58(43)54-55-49-37-20-8-12-24-45(37)60-52(49)53(56-54)57-41-22-10-7-19-36(41)47-44(57)29-39-34-17-5-9-21-40(34)59-50-33-16-4-2-14-31(33)25-27-38(50)48(47)51(39)59/h1-29H. The van der Waals surface area contributed by atoms with E-state index in [1.165, 1.54) is 70.4 Å². The van der Waals surface area contributed by atoms with Gasteiger partial charge in [0.1, 0.15) is 11.1 Å². The fourth-order valence-corrected chi connectivity index (χ4v) is 10.8. The fourth-order valence-electron chi connectivity index (χ4n) is 10.8. The number of nitrogens with zero attached hydrogens (tertiary/aromatic N) is 5. The highest BCUT2D eigenvalue weighted by Gasteiger charge is 2.28. The van der Waals surface area contributed by atoms with Gasteiger partial charge in [0.05, 0.1) is 38.6 Å². The zero-order valence-electron chi connectivity index (χ0n) is 31.9. The van der Waals surface area contributed by atoms with Crippen LogP contribution in [0, 0.1) is 0 Å². The summed E-state index contributed by atoms with van der Waals surface area (Å²) in [6, 6.07) is 63.2. The van der Waals surface area contributed by atoms with Crippen molar-refractivity contribution in [1.29, 1.82) is 0 Å². The van der Waals surface area contributed by atoms with Gasteiger partial charge in [-0.15, -0.1) is 0 Å². The molecule has 15 rings (SSSR count). The first-order chi connectivity index (χ1) is 29.8. The molecule has 276 valence electrons. The van der Waals surface area contributed by atoms with Crippen molar-refractivity contribution in [3.8, 4) is 11.8 Å². The van der Waals surface area contributed by atoms with Gasteiger partial charge in [-0.1, -0.05) is 133 Å². The molecule has 0 amide bonds. The SMILES string of the molecule is c1ccc2c(c1)ccc1c2c2ccccc2n1-c1nc(-n2c3ccccc3c3c4c5ccc6ccccc6c5n5c6ccccc6c(cc32)c45)c2oc3ccccc3c2n1. The molecule has 0 radical (unpaired) electrons. The predicted octanol–water partition coefficient (Wildman–Crippen LogP) is 14.0. The van der Waals surface area contributed by atoms with Gasteiger partial charge in [-0.3, -0.25) is 9.13 Å². The van der Waals surface area contributed by atoms with Crippen LogP contribution in [0.5, 0.6) is 0 Å². The van der Waals surface area contributed by atoms with Gasteiger partial charge in [0, 0.05) is 53.9 Å². The number of rotatable bonds is 2. The van der Waals surface area contributed by atoms with E-state index in [2.05, 4.69) is 177 Å². The van der Waals surface area contributed by atoms with E-state index in [1.54, 1.807) is 0 Å². The molecule has 6 nitrogen and oxygen atoms in total. The molecule has 0 aliphatic rings. The molecule has 6 heterocycles. The molecular formula is C54H29N5O. The minimum Gasteiger partial charge on any atom is -0.450 e. The molecule has 0 atom stereocenters. The summed E-state index contributed by atoms with van der Waals surface area (Å²) in [5.41, 5.74) is 10.1. The Kier molecular flexibility index (Phi) is 5.57. The maximum absolute atomic E-state index is 6.87. The minimum atomic E-state index is 0.593. The fraction of sp³-hybridized carbons (Fsp3) is 0. The van der Waals surface area contributed by atoms with Crippen LogP contribution in [0.4, 0.5) is 0 Å². The number of hydrogen-bond donors (Lipinski definition) is 0. The molecule has 0 unspecified atom stereocenters. The number of furan rings is 1. The molecule has 0 fully saturated rings. The highest BCUT2D eigenvalue weighted by Crippen LogP contribution is 2.49. The summed E-state index contributed by atoms with van der Waals surface area (Å²) in [5.74, 6) is 1.30. The normalized spacial score (nSPS) is 12.7. The number of fused-ring (bicyclic) bond motifs is 20. The van der Waals surface area contributed by atoms with Crippen LogP contribution in [0.1, 0.15) is 0 Å². The van der Waals surface area contributed by atoms with E-state index < -0.39 is 0 Å². The van der Waals surface area contributed by atoms with Gasteiger partial charge in [-0.05, 0) is 58.6 Å². The summed E-state index contributed by atoms with van der Waals surface area (Å²) in [6.45, 7) is 0. The van der Waals surface area contributed by atoms with Gasteiger partial charge in [0.2, 0.25) is 5.95 Å². The highest BCUT2D eigenvalue weighted by atomic mass is 16.3. The van der Waals surface area contributed by atoms with Crippen molar-refractivity contribution in [2.75, 3.05) is 0 Å². The number of hydrogen-bond acceptors (Lipinski definition) is 3. The van der Waals surface area contributed by atoms with Crippen LogP contribution < -0.4 is 0 Å². The third-order valence-corrected chi connectivity index (χ3v) is 13.2. The van der Waals surface area contributed by atoms with Crippen molar-refractivity contribution >= 4 is 125 Å². The molecule has 60 heavy (non-hydrogen) atoms. The van der Waals surface area contributed by atoms with Crippen LogP contribution in [-0.2, 0) is 0 Å². The summed E-state index contributed by atoms with van der Waals surface area (Å²) in [5, 5.41) is 15.5. The van der Waals surface area contributed by atoms with Crippen molar-refractivity contribution in [1.82, 2.24) is 23.5 Å². The predicted molar refractivity (Wildman–Crippen MR) is 248 cm³/mol. The van der Waals surface area contributed by atoms with Gasteiger partial charge in [-0.2, -0.15) is 4.98 Å². The first-order valence-corrected chi connectivity index (χ1v) is 20.4. The summed E-state index contributed by atoms with van der Waals surface area (Å²) in [6.07, 6.45) is 0. The number of aromatic nitrogens is 5. The summed E-state index contributed by atoms with van der Waals surface area (Å²) < 4.78 is 14.0. The lowest BCUT2D eigenvalue weighted by molar-refractivity contribution is 0.661. The first-order valence-electron chi connectivity index (χ1n) is 20.4. The first kappa shape index (κ1) is 30.9. The second-order valence-corrected chi connectivity index (χ2v) is 16.1. The third-order valence-electron chi connectivity index (χ3n) is 13.2. The smallest absolute Gasteiger partial charge is 0.237 e. The molecule has 6 aromatic heterocycles. The van der Waals surface area contributed by atoms with E-state index in [-0.39, 0.29) is 0 Å². The van der Waals surface area contributed by atoms with Crippen LogP contribution in [0.15, 0.2) is 180 Å². The monoisotopic (exact) mass is 763 g/mol. The Morgan fingerprint density at radius 3 is 1.80 bits per heavy atom. The van der Waals surface area contributed by atoms with E-state index >= 15 is 0 Å². The largest absolute Gasteiger partial charge is 0.450 e. The van der Waals surface area contributed by atoms with Crippen molar-refractivity contribution in [2.45, 2.75) is 0 Å². The van der Waals surface area contributed by atoms with Gasteiger partial charge in [0.15, 0.2) is 11.4 Å². The zero-order chi connectivity index (χ0) is 38.8. The van der Waals surface area contributed by atoms with Crippen molar-refractivity contribution in [3.63, 3.8) is 0 Å². The average Bonchev–Trinajstić information content (AvgIpc) is 4.10. The molecule has 9 aromatic carbocycles. The van der Waals surface area contributed by atoms with E-state index in [0.717, 1.165) is 49.3 Å². The maximum atomic E-state index is 6.87. The summed E-state index contributed by atoms with van der Waals surface area (Å²) >= 11 is 0. The van der Waals surface area contributed by atoms with Gasteiger partial charge in [0.25, 0.3) is 0 Å². The lowest BCUT2D eigenvalue weighted by Crippen LogP contribution is -2.06. The Balaban J connectivity index is 1.16. The molecule has 0 bridgehead atoms. The molecule has 6 heteroatoms. The van der Waals surface area contributed by atoms with Crippen LogP contribution in [-0.4, -0.2) is 23.5 Å². The average molecular weight is 764 g/mol. The van der Waals surface area contributed by atoms with E-state index in [9.17, 15) is 0 Å². The quantitative estimate of drug-likeness (QED) is 0.176. The van der Waals surface area contributed by atoms with E-state index in [0.29, 0.717) is 17.3 Å². The highest BCUT2D eigenvalue weighted by molar-refractivity contribution is 6.37. The molecule has 0 N–H and O–H groups in total. The molecule has 0 saturated heterocycles. The van der Waals surface area contributed by atoms with Gasteiger partial charge < -0.3 is 8.82 Å². The van der Waals surface area contributed by atoms with Crippen LogP contribution in [0.25, 0.3) is 137 Å². The van der Waals surface area contributed by atoms with Crippen molar-refractivity contribution in [3.05, 3.63) is 176 Å². The van der Waals surface area contributed by atoms with Crippen molar-refractivity contribution in [2.24, 2.45) is 0 Å². The van der Waals surface area contributed by atoms with E-state index in [4.69, 9.17) is 14.4 Å². The Morgan fingerprint density at radius 2 is 0.983 bits per heavy atom. The third kappa shape index (κ3) is 3.66. The molecule has 0 saturated carbocycles.